The molecule has 1 N–H and O–H groups in total. The number of hydrogen-bond acceptors (Lipinski definition) is 4. The van der Waals surface area contributed by atoms with Gasteiger partial charge in [0, 0.05) is 24.5 Å². The molecule has 0 atom stereocenters. The fourth-order valence-electron chi connectivity index (χ4n) is 1.93. The summed E-state index contributed by atoms with van der Waals surface area (Å²) in [5.74, 6) is 0.508. The Morgan fingerprint density at radius 1 is 1.39 bits per heavy atom. The zero-order valence-corrected chi connectivity index (χ0v) is 15.4. The van der Waals surface area contributed by atoms with Crippen molar-refractivity contribution in [3.8, 4) is 5.75 Å². The van der Waals surface area contributed by atoms with E-state index in [1.54, 1.807) is 12.1 Å². The molecular weight excluding hydrogens is 340 g/mol. The minimum Gasteiger partial charge on any atom is -0.495 e. The SMILES string of the molecule is COc1ccc(Cl)cc1N(CCC(=O)NCC(C)C)S(C)(=O)=O. The van der Waals surface area contributed by atoms with Crippen LogP contribution >= 0.6 is 11.6 Å². The molecule has 0 bridgehead atoms. The van der Waals surface area contributed by atoms with Gasteiger partial charge in [-0.15, -0.1) is 0 Å². The lowest BCUT2D eigenvalue weighted by atomic mass is 10.2. The predicted octanol–water partition coefficient (Wildman–Crippen LogP) is 2.28. The predicted molar refractivity (Wildman–Crippen MR) is 92.7 cm³/mol. The van der Waals surface area contributed by atoms with Gasteiger partial charge in [0.1, 0.15) is 5.75 Å². The maximum atomic E-state index is 12.1. The first kappa shape index (κ1) is 19.6. The van der Waals surface area contributed by atoms with Crippen LogP contribution in [0.5, 0.6) is 5.75 Å². The van der Waals surface area contributed by atoms with E-state index in [4.69, 9.17) is 16.3 Å². The summed E-state index contributed by atoms with van der Waals surface area (Å²) in [7, 11) is -2.13. The summed E-state index contributed by atoms with van der Waals surface area (Å²) in [5.41, 5.74) is 0.319. The molecule has 0 saturated heterocycles. The van der Waals surface area contributed by atoms with Crippen LogP contribution in [0.3, 0.4) is 0 Å². The maximum Gasteiger partial charge on any atom is 0.232 e. The number of rotatable bonds is 8. The monoisotopic (exact) mass is 362 g/mol. The summed E-state index contributed by atoms with van der Waals surface area (Å²) in [6.45, 7) is 4.54. The van der Waals surface area contributed by atoms with Gasteiger partial charge in [0.15, 0.2) is 0 Å². The van der Waals surface area contributed by atoms with Gasteiger partial charge in [-0.25, -0.2) is 8.42 Å². The number of carbonyl (C=O) groups excluding carboxylic acids is 1. The topological polar surface area (TPSA) is 75.7 Å². The minimum atomic E-state index is -3.58. The van der Waals surface area contributed by atoms with Crippen molar-refractivity contribution < 1.29 is 17.9 Å². The highest BCUT2D eigenvalue weighted by Crippen LogP contribution is 2.32. The molecular formula is C15H23ClN2O4S. The lowest BCUT2D eigenvalue weighted by Crippen LogP contribution is -2.35. The van der Waals surface area contributed by atoms with Crippen LogP contribution in [-0.2, 0) is 14.8 Å². The molecule has 0 aliphatic heterocycles. The van der Waals surface area contributed by atoms with Gasteiger partial charge >= 0.3 is 0 Å². The first-order valence-corrected chi connectivity index (χ1v) is 9.45. The second-order valence-corrected chi connectivity index (χ2v) is 7.94. The lowest BCUT2D eigenvalue weighted by molar-refractivity contribution is -0.121. The molecule has 1 aromatic carbocycles. The standard InChI is InChI=1S/C15H23ClN2O4S/c1-11(2)10-17-15(19)7-8-18(23(4,20)21)13-9-12(16)5-6-14(13)22-3/h5-6,9,11H,7-8,10H2,1-4H3,(H,17,19). The number of benzene rings is 1. The highest BCUT2D eigenvalue weighted by molar-refractivity contribution is 7.92. The van der Waals surface area contributed by atoms with Gasteiger partial charge in [-0.2, -0.15) is 0 Å². The van der Waals surface area contributed by atoms with Crippen molar-refractivity contribution in [3.63, 3.8) is 0 Å². The molecule has 0 spiro atoms. The summed E-state index contributed by atoms with van der Waals surface area (Å²) < 4.78 is 30.5. The summed E-state index contributed by atoms with van der Waals surface area (Å²) in [4.78, 5) is 11.8. The molecule has 130 valence electrons. The number of anilines is 1. The fourth-order valence-corrected chi connectivity index (χ4v) is 3.02. The van der Waals surface area contributed by atoms with E-state index in [0.717, 1.165) is 10.6 Å². The largest absolute Gasteiger partial charge is 0.495 e. The highest BCUT2D eigenvalue weighted by Gasteiger charge is 2.22. The van der Waals surface area contributed by atoms with Crippen molar-refractivity contribution in [1.29, 1.82) is 0 Å². The van der Waals surface area contributed by atoms with Crippen LogP contribution in [0, 0.1) is 5.92 Å². The van der Waals surface area contributed by atoms with Crippen molar-refractivity contribution in [2.75, 3.05) is 30.8 Å². The molecule has 0 fully saturated rings. The van der Waals surface area contributed by atoms with E-state index in [1.165, 1.54) is 13.2 Å². The van der Waals surface area contributed by atoms with E-state index < -0.39 is 10.0 Å². The van der Waals surface area contributed by atoms with Gasteiger partial charge in [-0.1, -0.05) is 25.4 Å². The number of nitrogens with one attached hydrogen (secondary N) is 1. The Bertz CT molecular complexity index is 647. The molecule has 6 nitrogen and oxygen atoms in total. The van der Waals surface area contributed by atoms with Gasteiger partial charge in [0.05, 0.1) is 19.1 Å². The Kier molecular flexibility index (Phi) is 7.15. The number of hydrogen-bond donors (Lipinski definition) is 1. The Balaban J connectivity index is 2.95. The number of carbonyl (C=O) groups is 1. The normalized spacial score (nSPS) is 11.4. The number of methoxy groups -OCH3 is 1. The maximum absolute atomic E-state index is 12.1. The molecule has 0 radical (unpaired) electrons. The first-order chi connectivity index (χ1) is 10.6. The number of amides is 1. The first-order valence-electron chi connectivity index (χ1n) is 7.23. The summed E-state index contributed by atoms with van der Waals surface area (Å²) in [5, 5.41) is 3.15. The molecule has 23 heavy (non-hydrogen) atoms. The van der Waals surface area contributed by atoms with Crippen LogP contribution < -0.4 is 14.4 Å². The third kappa shape index (κ3) is 6.27. The second-order valence-electron chi connectivity index (χ2n) is 5.60. The van der Waals surface area contributed by atoms with Gasteiger partial charge in [0.2, 0.25) is 15.9 Å². The molecule has 8 heteroatoms. The van der Waals surface area contributed by atoms with Gasteiger partial charge in [0.25, 0.3) is 0 Å². The summed E-state index contributed by atoms with van der Waals surface area (Å²) in [6, 6.07) is 4.71. The molecule has 0 heterocycles. The average molecular weight is 363 g/mol. The van der Waals surface area contributed by atoms with Crippen molar-refractivity contribution in [3.05, 3.63) is 23.2 Å². The molecule has 0 aromatic heterocycles. The Morgan fingerprint density at radius 3 is 2.57 bits per heavy atom. The summed E-state index contributed by atoms with van der Waals surface area (Å²) in [6.07, 6.45) is 1.13. The molecule has 0 unspecified atom stereocenters. The quantitative estimate of drug-likeness (QED) is 0.769. The smallest absolute Gasteiger partial charge is 0.232 e. The van der Waals surface area contributed by atoms with Crippen LogP contribution in [0.2, 0.25) is 5.02 Å². The Morgan fingerprint density at radius 2 is 2.04 bits per heavy atom. The highest BCUT2D eigenvalue weighted by atomic mass is 35.5. The van der Waals surface area contributed by atoms with E-state index in [1.807, 2.05) is 13.8 Å². The molecule has 0 aliphatic rings. The van der Waals surface area contributed by atoms with Crippen LogP contribution in [0.1, 0.15) is 20.3 Å². The van der Waals surface area contributed by atoms with Crippen molar-refractivity contribution in [1.82, 2.24) is 5.32 Å². The number of ether oxygens (including phenoxy) is 1. The minimum absolute atomic E-state index is 0.0134. The van der Waals surface area contributed by atoms with E-state index in [-0.39, 0.29) is 18.9 Å². The third-order valence-corrected chi connectivity index (χ3v) is 4.47. The number of nitrogens with zero attached hydrogens (tertiary/aromatic N) is 1. The van der Waals surface area contributed by atoms with E-state index in [9.17, 15) is 13.2 Å². The Hall–Kier alpha value is -1.47. The number of sulfonamides is 1. The molecule has 0 saturated carbocycles. The second kappa shape index (κ2) is 8.40. The Labute approximate surface area is 142 Å². The zero-order chi connectivity index (χ0) is 17.6. The molecule has 0 aliphatic carbocycles. The van der Waals surface area contributed by atoms with Crippen molar-refractivity contribution in [2.45, 2.75) is 20.3 Å². The van der Waals surface area contributed by atoms with Crippen molar-refractivity contribution >= 4 is 33.2 Å². The van der Waals surface area contributed by atoms with E-state index >= 15 is 0 Å². The van der Waals surface area contributed by atoms with Crippen LogP contribution in [0.25, 0.3) is 0 Å². The van der Waals surface area contributed by atoms with Gasteiger partial charge < -0.3 is 10.1 Å². The fraction of sp³-hybridized carbons (Fsp3) is 0.533. The van der Waals surface area contributed by atoms with Crippen molar-refractivity contribution in [2.24, 2.45) is 5.92 Å². The van der Waals surface area contributed by atoms with Crippen LogP contribution in [0.4, 0.5) is 5.69 Å². The van der Waals surface area contributed by atoms with Crippen LogP contribution in [0.15, 0.2) is 18.2 Å². The van der Waals surface area contributed by atoms with E-state index in [0.29, 0.717) is 28.9 Å². The van der Waals surface area contributed by atoms with Gasteiger partial charge in [-0.3, -0.25) is 9.10 Å². The zero-order valence-electron chi connectivity index (χ0n) is 13.8. The van der Waals surface area contributed by atoms with Crippen LogP contribution in [-0.4, -0.2) is 40.8 Å². The van der Waals surface area contributed by atoms with Gasteiger partial charge in [-0.05, 0) is 24.1 Å². The molecule has 1 amide bonds. The molecule has 1 rings (SSSR count). The average Bonchev–Trinajstić information content (AvgIpc) is 2.44. The molecule has 1 aromatic rings. The third-order valence-electron chi connectivity index (χ3n) is 3.06. The lowest BCUT2D eigenvalue weighted by Gasteiger charge is -2.24. The number of halogens is 1. The van der Waals surface area contributed by atoms with E-state index in [2.05, 4.69) is 5.32 Å². The summed E-state index contributed by atoms with van der Waals surface area (Å²) >= 11 is 5.96.